The van der Waals surface area contributed by atoms with Gasteiger partial charge in [-0.05, 0) is 41.8 Å². The molecule has 0 saturated heterocycles. The minimum Gasteiger partial charge on any atom is -0.454 e. The molecule has 1 amide bonds. The Hall–Kier alpha value is -2.60. The van der Waals surface area contributed by atoms with Gasteiger partial charge in [-0.3, -0.25) is 9.78 Å². The molecule has 1 aromatic heterocycles. The molecule has 1 aliphatic heterocycles. The molecule has 0 fully saturated rings. The predicted octanol–water partition coefficient (Wildman–Crippen LogP) is 1.60. The topological polar surface area (TPSA) is 63.7 Å². The van der Waals surface area contributed by atoms with E-state index in [1.165, 1.54) is 5.56 Å². The second kappa shape index (κ2) is 7.79. The maximum absolute atomic E-state index is 12.1. The number of benzene rings is 1. The lowest BCUT2D eigenvalue weighted by molar-refractivity contribution is -0.128. The lowest BCUT2D eigenvalue weighted by Crippen LogP contribution is -2.36. The van der Waals surface area contributed by atoms with Crippen LogP contribution in [0.2, 0.25) is 0 Å². The van der Waals surface area contributed by atoms with Crippen molar-refractivity contribution in [2.45, 2.75) is 13.0 Å². The highest BCUT2D eigenvalue weighted by atomic mass is 16.7. The van der Waals surface area contributed by atoms with Crippen LogP contribution in [0.3, 0.4) is 0 Å². The molecule has 24 heavy (non-hydrogen) atoms. The number of aromatic nitrogens is 1. The third-order valence-corrected chi connectivity index (χ3v) is 3.95. The number of amides is 1. The van der Waals surface area contributed by atoms with E-state index in [1.807, 2.05) is 37.4 Å². The summed E-state index contributed by atoms with van der Waals surface area (Å²) in [7, 11) is 1.83. The average molecular weight is 327 g/mol. The lowest BCUT2D eigenvalue weighted by atomic mass is 10.2. The SMILES string of the molecule is CN(CCc1ccncc1)C(=O)CNCc1ccc2c(c1)OCO2. The van der Waals surface area contributed by atoms with Gasteiger partial charge in [-0.15, -0.1) is 0 Å². The van der Waals surface area contributed by atoms with E-state index in [0.29, 0.717) is 19.6 Å². The van der Waals surface area contributed by atoms with Crippen LogP contribution in [0.4, 0.5) is 0 Å². The van der Waals surface area contributed by atoms with Crippen LogP contribution in [0.1, 0.15) is 11.1 Å². The quantitative estimate of drug-likeness (QED) is 0.837. The first-order valence-corrected chi connectivity index (χ1v) is 7.94. The van der Waals surface area contributed by atoms with E-state index in [9.17, 15) is 4.79 Å². The second-order valence-electron chi connectivity index (χ2n) is 5.71. The Morgan fingerprint density at radius 3 is 2.79 bits per heavy atom. The highest BCUT2D eigenvalue weighted by Crippen LogP contribution is 2.32. The Kier molecular flexibility index (Phi) is 5.28. The zero-order valence-corrected chi connectivity index (χ0v) is 13.7. The molecule has 0 unspecified atom stereocenters. The van der Waals surface area contributed by atoms with Crippen LogP contribution in [0.5, 0.6) is 11.5 Å². The minimum absolute atomic E-state index is 0.0739. The van der Waals surface area contributed by atoms with Crippen LogP contribution in [-0.4, -0.2) is 42.7 Å². The Morgan fingerprint density at radius 1 is 1.17 bits per heavy atom. The van der Waals surface area contributed by atoms with Gasteiger partial charge in [0.05, 0.1) is 6.54 Å². The molecule has 2 aromatic rings. The van der Waals surface area contributed by atoms with E-state index >= 15 is 0 Å². The number of fused-ring (bicyclic) bond motifs is 1. The molecule has 3 rings (SSSR count). The minimum atomic E-state index is 0.0739. The highest BCUT2D eigenvalue weighted by molar-refractivity contribution is 5.77. The van der Waals surface area contributed by atoms with Crippen LogP contribution >= 0.6 is 0 Å². The van der Waals surface area contributed by atoms with Crippen molar-refractivity contribution >= 4 is 5.91 Å². The average Bonchev–Trinajstić information content (AvgIpc) is 3.08. The predicted molar refractivity (Wildman–Crippen MR) is 89.8 cm³/mol. The molecule has 0 saturated carbocycles. The van der Waals surface area contributed by atoms with Gasteiger partial charge >= 0.3 is 0 Å². The molecule has 6 nitrogen and oxygen atoms in total. The Bertz CT molecular complexity index is 691. The third-order valence-electron chi connectivity index (χ3n) is 3.95. The number of nitrogens with one attached hydrogen (secondary N) is 1. The van der Waals surface area contributed by atoms with E-state index < -0.39 is 0 Å². The van der Waals surface area contributed by atoms with Crippen LogP contribution in [0, 0.1) is 0 Å². The molecule has 126 valence electrons. The summed E-state index contributed by atoms with van der Waals surface area (Å²) < 4.78 is 10.6. The summed E-state index contributed by atoms with van der Waals surface area (Å²) in [5.74, 6) is 1.60. The summed E-state index contributed by atoms with van der Waals surface area (Å²) in [6, 6.07) is 9.74. The molecule has 2 heterocycles. The van der Waals surface area contributed by atoms with Crippen LogP contribution < -0.4 is 14.8 Å². The summed E-state index contributed by atoms with van der Waals surface area (Å²) in [5.41, 5.74) is 2.24. The van der Waals surface area contributed by atoms with Gasteiger partial charge in [0.1, 0.15) is 0 Å². The van der Waals surface area contributed by atoms with Crippen LogP contribution in [-0.2, 0) is 17.8 Å². The number of likely N-dealkylation sites (N-methyl/N-ethyl adjacent to an activating group) is 1. The van der Waals surface area contributed by atoms with Crippen LogP contribution in [0.15, 0.2) is 42.7 Å². The van der Waals surface area contributed by atoms with Gasteiger partial charge in [-0.2, -0.15) is 0 Å². The first-order chi connectivity index (χ1) is 11.7. The standard InChI is InChI=1S/C18H21N3O3/c1-21(9-6-14-4-7-19-8-5-14)18(22)12-20-11-15-2-3-16-17(10-15)24-13-23-16/h2-5,7-8,10,20H,6,9,11-13H2,1H3. The van der Waals surface area contributed by atoms with Crippen molar-refractivity contribution in [1.82, 2.24) is 15.2 Å². The summed E-state index contributed by atoms with van der Waals surface area (Å²) in [5, 5.41) is 3.17. The zero-order valence-electron chi connectivity index (χ0n) is 13.7. The van der Waals surface area contributed by atoms with Crippen molar-refractivity contribution in [3.8, 4) is 11.5 Å². The van der Waals surface area contributed by atoms with Gasteiger partial charge in [-0.25, -0.2) is 0 Å². The number of carbonyl (C=O) groups is 1. The van der Waals surface area contributed by atoms with Crippen molar-refractivity contribution in [3.63, 3.8) is 0 Å². The molecule has 0 spiro atoms. The molecule has 0 aliphatic carbocycles. The van der Waals surface area contributed by atoms with E-state index in [4.69, 9.17) is 9.47 Å². The molecular formula is C18H21N3O3. The summed E-state index contributed by atoms with van der Waals surface area (Å²) >= 11 is 0. The molecule has 6 heteroatoms. The number of hydrogen-bond donors (Lipinski definition) is 1. The molecule has 1 aromatic carbocycles. The van der Waals surface area contributed by atoms with Gasteiger partial charge in [0.2, 0.25) is 12.7 Å². The molecule has 0 radical (unpaired) electrons. The monoisotopic (exact) mass is 327 g/mol. The summed E-state index contributed by atoms with van der Waals surface area (Å²) in [4.78, 5) is 17.9. The number of hydrogen-bond acceptors (Lipinski definition) is 5. The van der Waals surface area contributed by atoms with Crippen molar-refractivity contribution in [1.29, 1.82) is 0 Å². The third kappa shape index (κ3) is 4.23. The maximum Gasteiger partial charge on any atom is 0.236 e. The Labute approximate surface area is 141 Å². The van der Waals surface area contributed by atoms with E-state index in [-0.39, 0.29) is 12.7 Å². The largest absolute Gasteiger partial charge is 0.454 e. The van der Waals surface area contributed by atoms with E-state index in [1.54, 1.807) is 17.3 Å². The fourth-order valence-corrected chi connectivity index (χ4v) is 2.47. The number of ether oxygens (including phenoxy) is 2. The first kappa shape index (κ1) is 16.3. The zero-order chi connectivity index (χ0) is 16.8. The van der Waals surface area contributed by atoms with Gasteiger partial charge in [-0.1, -0.05) is 6.07 Å². The van der Waals surface area contributed by atoms with E-state index in [2.05, 4.69) is 10.3 Å². The molecule has 0 bridgehead atoms. The second-order valence-corrected chi connectivity index (χ2v) is 5.71. The Balaban J connectivity index is 1.40. The number of rotatable bonds is 7. The lowest BCUT2D eigenvalue weighted by Gasteiger charge is -2.17. The van der Waals surface area contributed by atoms with Gasteiger partial charge in [0.25, 0.3) is 0 Å². The number of pyridine rings is 1. The fourth-order valence-electron chi connectivity index (χ4n) is 2.47. The maximum atomic E-state index is 12.1. The fraction of sp³-hybridized carbons (Fsp3) is 0.333. The smallest absolute Gasteiger partial charge is 0.236 e. The van der Waals surface area contributed by atoms with Crippen molar-refractivity contribution in [2.24, 2.45) is 0 Å². The van der Waals surface area contributed by atoms with Crippen LogP contribution in [0.25, 0.3) is 0 Å². The van der Waals surface area contributed by atoms with Gasteiger partial charge in [0, 0.05) is 32.5 Å². The highest BCUT2D eigenvalue weighted by Gasteiger charge is 2.13. The van der Waals surface area contributed by atoms with Gasteiger partial charge in [0.15, 0.2) is 11.5 Å². The van der Waals surface area contributed by atoms with E-state index in [0.717, 1.165) is 23.5 Å². The number of nitrogens with zero attached hydrogens (tertiary/aromatic N) is 2. The molecule has 1 N–H and O–H groups in total. The summed E-state index contributed by atoms with van der Waals surface area (Å²) in [6.07, 6.45) is 4.36. The van der Waals surface area contributed by atoms with Crippen molar-refractivity contribution in [2.75, 3.05) is 26.9 Å². The van der Waals surface area contributed by atoms with Crippen molar-refractivity contribution < 1.29 is 14.3 Å². The molecular weight excluding hydrogens is 306 g/mol. The van der Waals surface area contributed by atoms with Crippen molar-refractivity contribution in [3.05, 3.63) is 53.9 Å². The normalized spacial score (nSPS) is 12.2. The number of carbonyl (C=O) groups excluding carboxylic acids is 1. The first-order valence-electron chi connectivity index (χ1n) is 7.94. The van der Waals surface area contributed by atoms with Gasteiger partial charge < -0.3 is 19.7 Å². The summed E-state index contributed by atoms with van der Waals surface area (Å²) in [6.45, 7) is 1.88. The molecule has 1 aliphatic rings. The molecule has 0 atom stereocenters. The Morgan fingerprint density at radius 2 is 1.96 bits per heavy atom.